The highest BCUT2D eigenvalue weighted by Gasteiger charge is 2.25. The Morgan fingerprint density at radius 1 is 1.53 bits per heavy atom. The fraction of sp³-hybridized carbons (Fsp3) is 0.455. The molecule has 0 aromatic carbocycles. The number of imidazole rings is 1. The van der Waals surface area contributed by atoms with Crippen LogP contribution in [0.5, 0.6) is 0 Å². The van der Waals surface area contributed by atoms with Crippen molar-refractivity contribution in [1.82, 2.24) is 30.7 Å². The highest BCUT2D eigenvalue weighted by Crippen LogP contribution is 2.11. The van der Waals surface area contributed by atoms with E-state index < -0.39 is 0 Å². The van der Waals surface area contributed by atoms with Gasteiger partial charge in [0.25, 0.3) is 0 Å². The van der Waals surface area contributed by atoms with E-state index in [4.69, 9.17) is 0 Å². The van der Waals surface area contributed by atoms with Crippen molar-refractivity contribution in [2.24, 2.45) is 0 Å². The molecule has 0 radical (unpaired) electrons. The van der Waals surface area contributed by atoms with Crippen LogP contribution in [0.3, 0.4) is 0 Å². The molecule has 3 heterocycles. The van der Waals surface area contributed by atoms with Crippen molar-refractivity contribution < 1.29 is 9.32 Å². The monoisotopic (exact) mass is 262 g/mol. The molecule has 8 nitrogen and oxygen atoms in total. The standard InChI is InChI=1S/C11H14N6O2/c18-11(12-2-1-10-16-6-19-17-10)8-3-7-9(4-13-8)15-5-14-7/h5-6,8,13H,1-4H2,(H,12,18)(H,14,15). The maximum absolute atomic E-state index is 12.0. The second kappa shape index (κ2) is 5.19. The molecule has 0 fully saturated rings. The minimum absolute atomic E-state index is 0.0304. The number of carbonyl (C=O) groups is 1. The van der Waals surface area contributed by atoms with Crippen LogP contribution < -0.4 is 10.6 Å². The zero-order chi connectivity index (χ0) is 13.1. The summed E-state index contributed by atoms with van der Waals surface area (Å²) in [5, 5.41) is 9.71. The summed E-state index contributed by atoms with van der Waals surface area (Å²) in [6, 6.07) is -0.235. The normalized spacial score (nSPS) is 18.0. The fourth-order valence-electron chi connectivity index (χ4n) is 2.08. The largest absolute Gasteiger partial charge is 0.354 e. The van der Waals surface area contributed by atoms with Gasteiger partial charge in [0.15, 0.2) is 5.82 Å². The number of hydrogen-bond donors (Lipinski definition) is 3. The van der Waals surface area contributed by atoms with Gasteiger partial charge in [-0.25, -0.2) is 4.98 Å². The average molecular weight is 262 g/mol. The van der Waals surface area contributed by atoms with Crippen LogP contribution in [0.25, 0.3) is 0 Å². The number of H-pyrrole nitrogens is 1. The van der Waals surface area contributed by atoms with E-state index in [-0.39, 0.29) is 11.9 Å². The molecule has 0 aliphatic carbocycles. The Balaban J connectivity index is 1.49. The highest BCUT2D eigenvalue weighted by atomic mass is 16.5. The Kier molecular flexibility index (Phi) is 3.23. The summed E-state index contributed by atoms with van der Waals surface area (Å²) >= 11 is 0. The maximum atomic E-state index is 12.0. The summed E-state index contributed by atoms with van der Waals surface area (Å²) in [6.45, 7) is 1.13. The van der Waals surface area contributed by atoms with Gasteiger partial charge >= 0.3 is 0 Å². The van der Waals surface area contributed by atoms with Crippen LogP contribution in [-0.2, 0) is 24.2 Å². The number of rotatable bonds is 4. The summed E-state index contributed by atoms with van der Waals surface area (Å²) in [5.41, 5.74) is 2.01. The average Bonchev–Trinajstić information content (AvgIpc) is 3.08. The lowest BCUT2D eigenvalue weighted by atomic mass is 10.0. The van der Waals surface area contributed by atoms with Gasteiger partial charge in [-0.3, -0.25) is 10.1 Å². The lowest BCUT2D eigenvalue weighted by Gasteiger charge is -2.22. The fourth-order valence-corrected chi connectivity index (χ4v) is 2.08. The van der Waals surface area contributed by atoms with E-state index in [0.29, 0.717) is 31.8 Å². The lowest BCUT2D eigenvalue weighted by molar-refractivity contribution is -0.123. The van der Waals surface area contributed by atoms with Gasteiger partial charge in [-0.15, -0.1) is 0 Å². The molecule has 2 aromatic heterocycles. The van der Waals surface area contributed by atoms with Crippen molar-refractivity contribution in [1.29, 1.82) is 0 Å². The van der Waals surface area contributed by atoms with Crippen LogP contribution in [0.15, 0.2) is 17.2 Å². The van der Waals surface area contributed by atoms with Gasteiger partial charge in [-0.2, -0.15) is 4.98 Å². The molecule has 1 unspecified atom stereocenters. The number of amides is 1. The summed E-state index contributed by atoms with van der Waals surface area (Å²) in [7, 11) is 0. The Hall–Kier alpha value is -2.22. The third kappa shape index (κ3) is 2.63. The molecule has 19 heavy (non-hydrogen) atoms. The lowest BCUT2D eigenvalue weighted by Crippen LogP contribution is -2.48. The number of carbonyl (C=O) groups excluding carboxylic acids is 1. The maximum Gasteiger partial charge on any atom is 0.237 e. The van der Waals surface area contributed by atoms with Gasteiger partial charge in [0.1, 0.15) is 0 Å². The second-order valence-electron chi connectivity index (χ2n) is 4.35. The molecule has 1 aliphatic rings. The number of nitrogens with zero attached hydrogens (tertiary/aromatic N) is 3. The Morgan fingerprint density at radius 2 is 2.47 bits per heavy atom. The third-order valence-corrected chi connectivity index (χ3v) is 3.10. The van der Waals surface area contributed by atoms with E-state index in [1.54, 1.807) is 6.33 Å². The molecule has 0 saturated heterocycles. The minimum atomic E-state index is -0.235. The van der Waals surface area contributed by atoms with E-state index >= 15 is 0 Å². The zero-order valence-corrected chi connectivity index (χ0v) is 10.2. The number of nitrogens with one attached hydrogen (secondary N) is 3. The first-order chi connectivity index (χ1) is 9.33. The van der Waals surface area contributed by atoms with Crippen molar-refractivity contribution in [3.05, 3.63) is 29.9 Å². The van der Waals surface area contributed by atoms with Gasteiger partial charge in [0.05, 0.1) is 23.8 Å². The molecule has 3 N–H and O–H groups in total. The molecule has 1 aliphatic heterocycles. The topological polar surface area (TPSA) is 109 Å². The van der Waals surface area contributed by atoms with Crippen molar-refractivity contribution in [3.8, 4) is 0 Å². The molecule has 0 bridgehead atoms. The predicted octanol–water partition coefficient (Wildman–Crippen LogP) is -0.834. The summed E-state index contributed by atoms with van der Waals surface area (Å²) < 4.78 is 4.62. The van der Waals surface area contributed by atoms with Crippen LogP contribution in [0.4, 0.5) is 0 Å². The summed E-state index contributed by atoms with van der Waals surface area (Å²) in [6.07, 6.45) is 4.09. The molecule has 1 atom stereocenters. The first-order valence-corrected chi connectivity index (χ1v) is 6.10. The quantitative estimate of drug-likeness (QED) is 0.663. The molecule has 1 amide bonds. The number of aromatic amines is 1. The molecule has 2 aromatic rings. The van der Waals surface area contributed by atoms with Gasteiger partial charge < -0.3 is 14.8 Å². The van der Waals surface area contributed by atoms with Gasteiger partial charge in [-0.05, 0) is 0 Å². The molecule has 100 valence electrons. The smallest absolute Gasteiger partial charge is 0.237 e. The summed E-state index contributed by atoms with van der Waals surface area (Å²) in [4.78, 5) is 23.1. The van der Waals surface area contributed by atoms with Crippen molar-refractivity contribution in [3.63, 3.8) is 0 Å². The van der Waals surface area contributed by atoms with Gasteiger partial charge in [0, 0.05) is 25.9 Å². The van der Waals surface area contributed by atoms with Gasteiger partial charge in [-0.1, -0.05) is 5.16 Å². The van der Waals surface area contributed by atoms with Crippen LogP contribution >= 0.6 is 0 Å². The molecule has 0 spiro atoms. The number of hydrogen-bond acceptors (Lipinski definition) is 6. The predicted molar refractivity (Wildman–Crippen MR) is 63.9 cm³/mol. The first-order valence-electron chi connectivity index (χ1n) is 6.10. The molecule has 3 rings (SSSR count). The van der Waals surface area contributed by atoms with E-state index in [1.165, 1.54) is 6.39 Å². The number of fused-ring (bicyclic) bond motifs is 1. The van der Waals surface area contributed by atoms with Crippen LogP contribution in [0.1, 0.15) is 17.2 Å². The van der Waals surface area contributed by atoms with E-state index in [0.717, 1.165) is 11.4 Å². The highest BCUT2D eigenvalue weighted by molar-refractivity contribution is 5.82. The third-order valence-electron chi connectivity index (χ3n) is 3.10. The van der Waals surface area contributed by atoms with Crippen molar-refractivity contribution in [2.45, 2.75) is 25.4 Å². The Morgan fingerprint density at radius 3 is 3.32 bits per heavy atom. The SMILES string of the molecule is O=C(NCCc1ncon1)C1Cc2nc[nH]c2CN1. The molecular weight excluding hydrogens is 248 g/mol. The minimum Gasteiger partial charge on any atom is -0.354 e. The second-order valence-corrected chi connectivity index (χ2v) is 4.35. The van der Waals surface area contributed by atoms with Crippen molar-refractivity contribution >= 4 is 5.91 Å². The van der Waals surface area contributed by atoms with E-state index in [1.807, 2.05) is 0 Å². The van der Waals surface area contributed by atoms with Gasteiger partial charge in [0.2, 0.25) is 12.3 Å². The van der Waals surface area contributed by atoms with Crippen LogP contribution in [0.2, 0.25) is 0 Å². The molecular formula is C11H14N6O2. The molecule has 8 heteroatoms. The van der Waals surface area contributed by atoms with Crippen LogP contribution in [0, 0.1) is 0 Å². The first kappa shape index (κ1) is 11.8. The zero-order valence-electron chi connectivity index (χ0n) is 10.2. The molecule has 0 saturated carbocycles. The Bertz CT molecular complexity index is 549. The number of aromatic nitrogens is 4. The van der Waals surface area contributed by atoms with Crippen molar-refractivity contribution in [2.75, 3.05) is 6.54 Å². The van der Waals surface area contributed by atoms with Crippen LogP contribution in [-0.4, -0.2) is 38.6 Å². The summed E-state index contributed by atoms with van der Waals surface area (Å²) in [5.74, 6) is 0.559. The Labute approximate surface area is 109 Å². The van der Waals surface area contributed by atoms with E-state index in [2.05, 4.69) is 35.3 Å². The van der Waals surface area contributed by atoms with E-state index in [9.17, 15) is 4.79 Å².